The van der Waals surface area contributed by atoms with Crippen LogP contribution in [-0.2, 0) is 0 Å². The Hall–Kier alpha value is -4.48. The molecule has 0 amide bonds. The molecule has 37 heavy (non-hydrogen) atoms. The van der Waals surface area contributed by atoms with Crippen molar-refractivity contribution in [2.45, 2.75) is 0 Å². The maximum absolute atomic E-state index is 8.99. The second kappa shape index (κ2) is 9.19. The van der Waals surface area contributed by atoms with Crippen LogP contribution in [0.3, 0.4) is 0 Å². The largest absolute Gasteiger partial charge is 0.351 e. The molecule has 0 aliphatic carbocycles. The smallest absolute Gasteiger partial charge is 0.350 e. The van der Waals surface area contributed by atoms with Gasteiger partial charge in [0, 0.05) is 0 Å². The molecule has 1 aromatic carbocycles. The maximum Gasteiger partial charge on any atom is 0.350 e. The Morgan fingerprint density at radius 2 is 1.27 bits per heavy atom. The lowest BCUT2D eigenvalue weighted by molar-refractivity contribution is 1.49. The highest BCUT2D eigenvalue weighted by Crippen LogP contribution is 2.46. The van der Waals surface area contributed by atoms with Crippen LogP contribution < -0.4 is 0 Å². The molecule has 0 saturated heterocycles. The van der Waals surface area contributed by atoms with Gasteiger partial charge >= 0.3 is 5.84 Å². The van der Waals surface area contributed by atoms with Crippen molar-refractivity contribution >= 4 is 110 Å². The van der Waals surface area contributed by atoms with Gasteiger partial charge in [-0.2, -0.15) is 19.3 Å². The van der Waals surface area contributed by atoms with Crippen LogP contribution in [0.25, 0.3) is 56.1 Å². The fourth-order valence-electron chi connectivity index (χ4n) is 3.35. The molecule has 0 N–H and O–H groups in total. The van der Waals surface area contributed by atoms with Crippen LogP contribution in [-0.4, -0.2) is 30.3 Å². The van der Waals surface area contributed by atoms with E-state index in [2.05, 4.69) is 23.6 Å². The molecule has 5 aromatic heterocycles. The first kappa shape index (κ1) is 23.0. The molecule has 0 aliphatic rings. The van der Waals surface area contributed by atoms with Gasteiger partial charge in [-0.25, -0.2) is 20.2 Å². The maximum atomic E-state index is 8.99. The first-order chi connectivity index (χ1) is 18.1. The fraction of sp³-hybridized carbons (Fsp3) is 0. The average Bonchev–Trinajstić information content (AvgIpc) is 3.72. The summed E-state index contributed by atoms with van der Waals surface area (Å²) in [7, 11) is 0. The molecule has 0 aliphatic heterocycles. The molecule has 0 unspecified atom stereocenters. The van der Waals surface area contributed by atoms with Crippen LogP contribution >= 0.6 is 57.1 Å². The molecule has 0 atom stereocenters. The van der Waals surface area contributed by atoms with Gasteiger partial charge in [0.2, 0.25) is 10.7 Å². The minimum absolute atomic E-state index is 0.202. The molecule has 0 radical (unpaired) electrons. The third-order valence-electron chi connectivity index (χ3n) is 4.86. The van der Waals surface area contributed by atoms with Crippen molar-refractivity contribution in [2.24, 2.45) is 9.98 Å². The summed E-state index contributed by atoms with van der Waals surface area (Å²) in [4.78, 5) is 22.7. The predicted molar refractivity (Wildman–Crippen MR) is 148 cm³/mol. The van der Waals surface area contributed by atoms with Crippen molar-refractivity contribution < 1.29 is 0 Å². The Labute approximate surface area is 227 Å². The number of hydrogen-bond donors (Lipinski definition) is 0. The minimum atomic E-state index is -0.217. The Morgan fingerprint density at radius 1 is 0.730 bits per heavy atom. The third-order valence-corrected chi connectivity index (χ3v) is 9.96. The number of hydrogen-bond acceptors (Lipinski definition) is 14. The second-order valence-corrected chi connectivity index (χ2v) is 11.6. The standard InChI is InChI=1S/C22H4N10S5/c1-26-12(8-25)28-14-5-3-11(34-14)22-30-18-16-15(31-37-32-16)17-19(20(18)36-22)35-21(29-17)10-2-4-13(33-10)27-9(6-23)7-24/h2-5H/b28-12-. The van der Waals surface area contributed by atoms with Crippen LogP contribution in [0.1, 0.15) is 0 Å². The number of amidine groups is 1. The van der Waals surface area contributed by atoms with Gasteiger partial charge < -0.3 is 4.85 Å². The quantitative estimate of drug-likeness (QED) is 0.127. The number of aromatic nitrogens is 4. The van der Waals surface area contributed by atoms with E-state index < -0.39 is 0 Å². The van der Waals surface area contributed by atoms with Crippen molar-refractivity contribution in [2.75, 3.05) is 0 Å². The van der Waals surface area contributed by atoms with Gasteiger partial charge in [-0.15, -0.1) is 34.0 Å². The van der Waals surface area contributed by atoms with Crippen LogP contribution in [0.4, 0.5) is 10.0 Å². The number of thiophene rings is 2. The van der Waals surface area contributed by atoms with Crippen molar-refractivity contribution in [3.8, 4) is 38.0 Å². The minimum Gasteiger partial charge on any atom is -0.351 e. The molecule has 15 heteroatoms. The summed E-state index contributed by atoms with van der Waals surface area (Å²) in [5.41, 5.74) is 2.66. The molecule has 6 aromatic rings. The molecule has 0 bridgehead atoms. The molecule has 0 fully saturated rings. The Morgan fingerprint density at radius 3 is 1.76 bits per heavy atom. The third kappa shape index (κ3) is 3.94. The van der Waals surface area contributed by atoms with Gasteiger partial charge in [-0.05, 0) is 24.3 Å². The van der Waals surface area contributed by atoms with Crippen LogP contribution in [0.15, 0.2) is 34.3 Å². The van der Waals surface area contributed by atoms with E-state index in [0.717, 1.165) is 51.9 Å². The molecule has 0 saturated carbocycles. The van der Waals surface area contributed by atoms with E-state index in [0.29, 0.717) is 21.0 Å². The van der Waals surface area contributed by atoms with E-state index >= 15 is 0 Å². The van der Waals surface area contributed by atoms with E-state index in [9.17, 15) is 0 Å². The fourth-order valence-corrected chi connectivity index (χ4v) is 8.03. The molecule has 5 heterocycles. The Kier molecular flexibility index (Phi) is 5.70. The van der Waals surface area contributed by atoms with Gasteiger partial charge in [-0.3, -0.25) is 0 Å². The van der Waals surface area contributed by atoms with E-state index in [1.54, 1.807) is 30.3 Å². The molecule has 0 spiro atoms. The summed E-state index contributed by atoms with van der Waals surface area (Å²) in [5.74, 6) is -0.217. The lowest BCUT2D eigenvalue weighted by Gasteiger charge is -1.91. The highest BCUT2D eigenvalue weighted by molar-refractivity contribution is 7.32. The zero-order valence-electron chi connectivity index (χ0n) is 17.8. The van der Waals surface area contributed by atoms with Gasteiger partial charge in [0.15, 0.2) is 0 Å². The van der Waals surface area contributed by atoms with Crippen LogP contribution in [0, 0.1) is 40.6 Å². The van der Waals surface area contributed by atoms with Crippen LogP contribution in [0.2, 0.25) is 0 Å². The molecule has 6 rings (SSSR count). The zero-order valence-corrected chi connectivity index (χ0v) is 21.9. The van der Waals surface area contributed by atoms with E-state index in [-0.39, 0.29) is 11.5 Å². The lowest BCUT2D eigenvalue weighted by Crippen LogP contribution is -1.84. The zero-order chi connectivity index (χ0) is 25.5. The van der Waals surface area contributed by atoms with Gasteiger partial charge in [0.05, 0.1) is 30.9 Å². The Bertz CT molecular complexity index is 1920. The first-order valence-corrected chi connectivity index (χ1v) is 13.9. The Balaban J connectivity index is 1.49. The summed E-state index contributed by atoms with van der Waals surface area (Å²) < 4.78 is 10.9. The van der Waals surface area contributed by atoms with Gasteiger partial charge in [0.25, 0.3) is 0 Å². The molecular weight excluding hydrogens is 565 g/mol. The van der Waals surface area contributed by atoms with Crippen molar-refractivity contribution in [1.82, 2.24) is 18.7 Å². The molecule has 10 nitrogen and oxygen atoms in total. The number of fused-ring (bicyclic) bond motifs is 6. The van der Waals surface area contributed by atoms with Gasteiger partial charge in [0.1, 0.15) is 55.3 Å². The normalized spacial score (nSPS) is 11.3. The second-order valence-electron chi connectivity index (χ2n) is 6.97. The number of nitrogens with zero attached hydrogens (tertiary/aromatic N) is 10. The summed E-state index contributed by atoms with van der Waals surface area (Å²) in [6, 6.07) is 12.6. The number of thiazole rings is 2. The highest BCUT2D eigenvalue weighted by Gasteiger charge is 2.22. The van der Waals surface area contributed by atoms with E-state index in [4.69, 9.17) is 32.3 Å². The average molecular weight is 569 g/mol. The summed E-state index contributed by atoms with van der Waals surface area (Å²) in [6.45, 7) is 7.02. The highest BCUT2D eigenvalue weighted by atomic mass is 32.1. The molecular formula is C22H4N10S5. The van der Waals surface area contributed by atoms with Crippen molar-refractivity contribution in [3.05, 3.63) is 35.7 Å². The van der Waals surface area contributed by atoms with Crippen LogP contribution in [0.5, 0.6) is 0 Å². The van der Waals surface area contributed by atoms with Crippen molar-refractivity contribution in [3.63, 3.8) is 0 Å². The monoisotopic (exact) mass is 568 g/mol. The first-order valence-electron chi connectivity index (χ1n) is 9.92. The summed E-state index contributed by atoms with van der Waals surface area (Å²) in [6.07, 6.45) is 0. The van der Waals surface area contributed by atoms with Crippen molar-refractivity contribution in [1.29, 1.82) is 15.8 Å². The topological polar surface area (TPSA) is 152 Å². The number of benzene rings is 1. The number of aliphatic imine (C=N–C) groups is 2. The predicted octanol–water partition coefficient (Wildman–Crippen LogP) is 6.96. The van der Waals surface area contributed by atoms with E-state index in [1.165, 1.54) is 45.3 Å². The number of nitriles is 3. The number of rotatable bonds is 4. The van der Waals surface area contributed by atoms with E-state index in [1.807, 2.05) is 12.1 Å². The van der Waals surface area contributed by atoms with Gasteiger partial charge in [-0.1, -0.05) is 22.9 Å². The SMILES string of the molecule is [C-]#[N+]/C(C#N)=N\c1ccc(-c2nc3c4nsnc4c4nc(-c5ccc(N=C(C#N)C#N)s5)sc4c3s2)s1. The lowest BCUT2D eigenvalue weighted by atomic mass is 10.2. The molecule has 172 valence electrons. The summed E-state index contributed by atoms with van der Waals surface area (Å²) >= 11 is 6.82. The summed E-state index contributed by atoms with van der Waals surface area (Å²) in [5, 5.41) is 29.6.